The Morgan fingerprint density at radius 2 is 1.97 bits per heavy atom. The number of nitrogens with zero attached hydrogens (tertiary/aromatic N) is 1. The average molecular weight is 517 g/mol. The van der Waals surface area contributed by atoms with Crippen molar-refractivity contribution in [2.24, 2.45) is 0 Å². The smallest absolute Gasteiger partial charge is 0.320 e. The third-order valence-corrected chi connectivity index (χ3v) is 5.26. The van der Waals surface area contributed by atoms with Gasteiger partial charge in [-0.15, -0.1) is 0 Å². The number of rotatable bonds is 7. The molecule has 8 heteroatoms. The van der Waals surface area contributed by atoms with Crippen molar-refractivity contribution in [3.8, 4) is 17.6 Å². The minimum atomic E-state index is -0.663. The van der Waals surface area contributed by atoms with E-state index >= 15 is 0 Å². The van der Waals surface area contributed by atoms with Gasteiger partial charge in [-0.25, -0.2) is 4.79 Å². The zero-order valence-electron chi connectivity index (χ0n) is 16.5. The summed E-state index contributed by atoms with van der Waals surface area (Å²) in [6, 6.07) is 13.7. The van der Waals surface area contributed by atoms with Crippen LogP contribution in [-0.4, -0.2) is 25.0 Å². The summed E-state index contributed by atoms with van der Waals surface area (Å²) in [4.78, 5) is 25.1. The second-order valence-electron chi connectivity index (χ2n) is 6.45. The second-order valence-corrected chi connectivity index (χ2v) is 7.61. The number of halogens is 1. The van der Waals surface area contributed by atoms with Crippen LogP contribution >= 0.6 is 22.6 Å². The fourth-order valence-electron chi connectivity index (χ4n) is 3.29. The van der Waals surface area contributed by atoms with E-state index in [1.54, 1.807) is 6.07 Å². The molecule has 154 valence electrons. The summed E-state index contributed by atoms with van der Waals surface area (Å²) >= 11 is 2.09. The Hall–Kier alpha value is -3.06. The molecule has 0 saturated carbocycles. The third kappa shape index (κ3) is 4.57. The van der Waals surface area contributed by atoms with E-state index < -0.39 is 12.1 Å². The maximum Gasteiger partial charge on any atom is 0.320 e. The summed E-state index contributed by atoms with van der Waals surface area (Å²) in [5, 5.41) is 14.5. The molecule has 2 amide bonds. The van der Waals surface area contributed by atoms with Crippen molar-refractivity contribution < 1.29 is 19.1 Å². The van der Waals surface area contributed by atoms with Crippen molar-refractivity contribution in [1.29, 1.82) is 5.26 Å². The number of ketones is 1. The van der Waals surface area contributed by atoms with Gasteiger partial charge in [-0.3, -0.25) is 4.79 Å². The Morgan fingerprint density at radius 1 is 1.23 bits per heavy atom. The highest BCUT2D eigenvalue weighted by Gasteiger charge is 2.32. The molecule has 1 aliphatic heterocycles. The number of urea groups is 1. The van der Waals surface area contributed by atoms with Crippen LogP contribution in [0.5, 0.6) is 11.5 Å². The van der Waals surface area contributed by atoms with Crippen LogP contribution in [0, 0.1) is 14.9 Å². The van der Waals surface area contributed by atoms with Crippen molar-refractivity contribution in [3.63, 3.8) is 0 Å². The molecule has 0 bridgehead atoms. The summed E-state index contributed by atoms with van der Waals surface area (Å²) in [5.74, 6) is 0.746. The molecule has 2 aromatic rings. The lowest BCUT2D eigenvalue weighted by Crippen LogP contribution is -2.44. The van der Waals surface area contributed by atoms with E-state index in [0.29, 0.717) is 38.5 Å². The molecule has 3 rings (SSSR count). The molecular weight excluding hydrogens is 497 g/mol. The van der Waals surface area contributed by atoms with Crippen LogP contribution in [0.3, 0.4) is 0 Å². The molecule has 2 aromatic carbocycles. The Balaban J connectivity index is 2.16. The second kappa shape index (κ2) is 9.63. The molecule has 0 aliphatic carbocycles. The van der Waals surface area contributed by atoms with Gasteiger partial charge in [0.05, 0.1) is 21.9 Å². The molecule has 1 aliphatic rings. The summed E-state index contributed by atoms with van der Waals surface area (Å²) in [5.41, 5.74) is 2.36. The average Bonchev–Trinajstić information content (AvgIpc) is 2.73. The first-order valence-electron chi connectivity index (χ1n) is 9.30. The van der Waals surface area contributed by atoms with Crippen LogP contribution < -0.4 is 20.1 Å². The highest BCUT2D eigenvalue weighted by Crippen LogP contribution is 2.39. The maximum absolute atomic E-state index is 12.6. The molecule has 0 unspecified atom stereocenters. The van der Waals surface area contributed by atoms with Crippen LogP contribution in [0.25, 0.3) is 5.70 Å². The van der Waals surface area contributed by atoms with E-state index in [4.69, 9.17) is 14.7 Å². The Bertz CT molecular complexity index is 1040. The predicted molar refractivity (Wildman–Crippen MR) is 120 cm³/mol. The largest absolute Gasteiger partial charge is 0.490 e. The molecule has 1 atom stereocenters. The van der Waals surface area contributed by atoms with Crippen LogP contribution in [-0.2, 0) is 4.79 Å². The van der Waals surface area contributed by atoms with Gasteiger partial charge in [0.2, 0.25) is 0 Å². The van der Waals surface area contributed by atoms with Gasteiger partial charge in [0.1, 0.15) is 6.07 Å². The van der Waals surface area contributed by atoms with E-state index in [2.05, 4.69) is 33.2 Å². The van der Waals surface area contributed by atoms with Crippen LogP contribution in [0.15, 0.2) is 48.0 Å². The van der Waals surface area contributed by atoms with Gasteiger partial charge in [-0.2, -0.15) is 5.26 Å². The van der Waals surface area contributed by atoms with Gasteiger partial charge < -0.3 is 20.1 Å². The zero-order valence-corrected chi connectivity index (χ0v) is 18.6. The minimum Gasteiger partial charge on any atom is -0.490 e. The number of hydrogen-bond acceptors (Lipinski definition) is 5. The van der Waals surface area contributed by atoms with Crippen molar-refractivity contribution in [2.45, 2.75) is 19.9 Å². The van der Waals surface area contributed by atoms with E-state index in [1.807, 2.05) is 49.4 Å². The number of nitriles is 1. The maximum atomic E-state index is 12.6. The molecule has 1 heterocycles. The number of nitrogens with one attached hydrogen (secondary N) is 2. The lowest BCUT2D eigenvalue weighted by atomic mass is 9.90. The first kappa shape index (κ1) is 21.6. The first-order valence-corrected chi connectivity index (χ1v) is 10.4. The zero-order chi connectivity index (χ0) is 21.7. The van der Waals surface area contributed by atoms with Crippen molar-refractivity contribution in [3.05, 3.63) is 62.7 Å². The monoisotopic (exact) mass is 517 g/mol. The quantitative estimate of drug-likeness (QED) is 0.542. The van der Waals surface area contributed by atoms with Crippen molar-refractivity contribution >= 4 is 40.1 Å². The number of ether oxygens (including phenoxy) is 2. The minimum absolute atomic E-state index is 0.115. The highest BCUT2D eigenvalue weighted by atomic mass is 127. The molecule has 2 N–H and O–H groups in total. The van der Waals surface area contributed by atoms with Crippen LogP contribution in [0.4, 0.5) is 4.79 Å². The highest BCUT2D eigenvalue weighted by molar-refractivity contribution is 14.1. The molecular formula is C22H20IN3O4. The molecule has 30 heavy (non-hydrogen) atoms. The third-order valence-electron chi connectivity index (χ3n) is 4.46. The Kier molecular flexibility index (Phi) is 6.95. The fourth-order valence-corrected chi connectivity index (χ4v) is 4.07. The number of carbonyl (C=O) groups is 2. The Labute approximate surface area is 188 Å². The summed E-state index contributed by atoms with van der Waals surface area (Å²) < 4.78 is 11.9. The molecule has 0 spiro atoms. The lowest BCUT2D eigenvalue weighted by molar-refractivity contribution is -0.113. The van der Waals surface area contributed by atoms with E-state index in [-0.39, 0.29) is 12.4 Å². The van der Waals surface area contributed by atoms with Crippen molar-refractivity contribution in [1.82, 2.24) is 10.6 Å². The SMILES string of the molecule is CCOc1cc([C@@H]2NC(=O)NC(c3ccccc3)=C2C(C)=O)cc(I)c1OCC#N. The molecule has 0 fully saturated rings. The summed E-state index contributed by atoms with van der Waals surface area (Å²) in [6.07, 6.45) is 0. The van der Waals surface area contributed by atoms with E-state index in [1.165, 1.54) is 6.92 Å². The van der Waals surface area contributed by atoms with Gasteiger partial charge in [-0.1, -0.05) is 30.3 Å². The lowest BCUT2D eigenvalue weighted by Gasteiger charge is -2.30. The number of hydrogen-bond donors (Lipinski definition) is 2. The Morgan fingerprint density at radius 3 is 2.60 bits per heavy atom. The van der Waals surface area contributed by atoms with Gasteiger partial charge >= 0.3 is 6.03 Å². The number of amides is 2. The topological polar surface area (TPSA) is 100 Å². The summed E-state index contributed by atoms with van der Waals surface area (Å²) in [7, 11) is 0. The van der Waals surface area contributed by atoms with Crippen molar-refractivity contribution in [2.75, 3.05) is 13.2 Å². The standard InChI is InChI=1S/C22H20IN3O4/c1-3-29-17-12-15(11-16(23)21(17)30-10-9-24)20-18(13(2)27)19(25-22(28)26-20)14-7-5-4-6-8-14/h4-8,11-12,20H,3,10H2,1-2H3,(H2,25,26,28)/t20-/m0/s1. The van der Waals surface area contributed by atoms with E-state index in [0.717, 1.165) is 5.56 Å². The van der Waals surface area contributed by atoms with Gasteiger partial charge in [0.15, 0.2) is 23.9 Å². The van der Waals surface area contributed by atoms with Crippen LogP contribution in [0.2, 0.25) is 0 Å². The molecule has 0 radical (unpaired) electrons. The fraction of sp³-hybridized carbons (Fsp3) is 0.227. The first-order chi connectivity index (χ1) is 14.5. The predicted octanol–water partition coefficient (Wildman–Crippen LogP) is 3.95. The number of benzene rings is 2. The molecule has 0 aromatic heterocycles. The van der Waals surface area contributed by atoms with E-state index in [9.17, 15) is 9.59 Å². The molecule has 7 nitrogen and oxygen atoms in total. The molecule has 0 saturated heterocycles. The number of carbonyl (C=O) groups excluding carboxylic acids is 2. The normalized spacial score (nSPS) is 15.7. The van der Waals surface area contributed by atoms with Gasteiger partial charge in [0, 0.05) is 5.57 Å². The van der Waals surface area contributed by atoms with Crippen LogP contribution in [0.1, 0.15) is 31.0 Å². The summed E-state index contributed by atoms with van der Waals surface area (Å²) in [6.45, 7) is 3.60. The van der Waals surface area contributed by atoms with Gasteiger partial charge in [0.25, 0.3) is 0 Å². The van der Waals surface area contributed by atoms with Gasteiger partial charge in [-0.05, 0) is 59.7 Å². The number of Topliss-reactive ketones (excluding diaryl/α,β-unsaturated/α-hetero) is 1.